The first-order valence-electron chi connectivity index (χ1n) is 9.09. The highest BCUT2D eigenvalue weighted by atomic mass is 16.5. The molecule has 0 spiro atoms. The molecule has 2 aromatic carbocycles. The van der Waals surface area contributed by atoms with E-state index < -0.39 is 29.9 Å². The van der Waals surface area contributed by atoms with E-state index in [0.717, 1.165) is 4.90 Å². The van der Waals surface area contributed by atoms with Gasteiger partial charge in [0.05, 0.1) is 11.1 Å². The van der Waals surface area contributed by atoms with Crippen molar-refractivity contribution in [2.24, 2.45) is 5.92 Å². The van der Waals surface area contributed by atoms with Crippen LogP contribution in [0.25, 0.3) is 0 Å². The van der Waals surface area contributed by atoms with E-state index in [2.05, 4.69) is 0 Å². The van der Waals surface area contributed by atoms with Crippen molar-refractivity contribution < 1.29 is 23.9 Å². The van der Waals surface area contributed by atoms with Crippen molar-refractivity contribution in [2.75, 3.05) is 0 Å². The van der Waals surface area contributed by atoms with Crippen LogP contribution in [0.1, 0.15) is 51.8 Å². The van der Waals surface area contributed by atoms with Crippen LogP contribution in [-0.4, -0.2) is 40.6 Å². The molecule has 0 saturated heterocycles. The molecule has 6 nitrogen and oxygen atoms in total. The number of fused-ring (bicyclic) bond motifs is 1. The van der Waals surface area contributed by atoms with E-state index in [9.17, 15) is 19.2 Å². The fraction of sp³-hybridized carbons (Fsp3) is 0.273. The van der Waals surface area contributed by atoms with E-state index in [1.807, 2.05) is 0 Å². The number of ketones is 1. The third kappa shape index (κ3) is 3.45. The summed E-state index contributed by atoms with van der Waals surface area (Å²) < 4.78 is 5.36. The van der Waals surface area contributed by atoms with Crippen LogP contribution in [0.2, 0.25) is 0 Å². The van der Waals surface area contributed by atoms with Crippen LogP contribution < -0.4 is 0 Å². The lowest BCUT2D eigenvalue weighted by atomic mass is 10.0. The molecule has 28 heavy (non-hydrogen) atoms. The van der Waals surface area contributed by atoms with Gasteiger partial charge in [-0.1, -0.05) is 56.3 Å². The van der Waals surface area contributed by atoms with Crippen molar-refractivity contribution in [1.29, 1.82) is 0 Å². The Hall–Kier alpha value is -3.28. The van der Waals surface area contributed by atoms with Crippen LogP contribution in [0.15, 0.2) is 54.6 Å². The lowest BCUT2D eigenvalue weighted by Gasteiger charge is -2.28. The highest BCUT2D eigenvalue weighted by Crippen LogP contribution is 2.28. The molecule has 2 unspecified atom stereocenters. The Morgan fingerprint density at radius 1 is 0.821 bits per heavy atom. The summed E-state index contributed by atoms with van der Waals surface area (Å²) in [6.07, 6.45) is -1.04. The van der Waals surface area contributed by atoms with Crippen molar-refractivity contribution in [3.05, 3.63) is 71.3 Å². The van der Waals surface area contributed by atoms with Gasteiger partial charge in [0.25, 0.3) is 11.8 Å². The summed E-state index contributed by atoms with van der Waals surface area (Å²) in [4.78, 5) is 51.7. The smallest absolute Gasteiger partial charge is 0.330 e. The number of benzene rings is 2. The summed E-state index contributed by atoms with van der Waals surface area (Å²) in [6, 6.07) is 13.8. The first-order chi connectivity index (χ1) is 13.3. The molecule has 0 bridgehead atoms. The largest absolute Gasteiger partial charge is 0.453 e. The van der Waals surface area contributed by atoms with E-state index >= 15 is 0 Å². The molecule has 2 amide bonds. The Kier molecular flexibility index (Phi) is 5.40. The predicted octanol–water partition coefficient (Wildman–Crippen LogP) is 3.12. The maximum atomic E-state index is 12.8. The summed E-state index contributed by atoms with van der Waals surface area (Å²) in [5.41, 5.74) is 0.948. The van der Waals surface area contributed by atoms with E-state index in [4.69, 9.17) is 4.74 Å². The first kappa shape index (κ1) is 19.5. The Morgan fingerprint density at radius 2 is 1.32 bits per heavy atom. The van der Waals surface area contributed by atoms with Crippen LogP contribution in [0.3, 0.4) is 0 Å². The van der Waals surface area contributed by atoms with Gasteiger partial charge in [-0.2, -0.15) is 0 Å². The van der Waals surface area contributed by atoms with E-state index in [1.165, 1.54) is 6.92 Å². The Morgan fingerprint density at radius 3 is 1.82 bits per heavy atom. The predicted molar refractivity (Wildman–Crippen MR) is 102 cm³/mol. The number of nitrogens with zero attached hydrogens (tertiary/aromatic N) is 1. The number of imide groups is 1. The molecular weight excluding hydrogens is 358 g/mol. The molecule has 0 fully saturated rings. The minimum atomic E-state index is -1.11. The van der Waals surface area contributed by atoms with Gasteiger partial charge in [0.2, 0.25) is 5.78 Å². The Bertz CT molecular complexity index is 900. The molecule has 0 saturated carbocycles. The first-order valence-corrected chi connectivity index (χ1v) is 9.09. The molecule has 1 aliphatic heterocycles. The van der Waals surface area contributed by atoms with Gasteiger partial charge in [-0.05, 0) is 25.0 Å². The highest BCUT2D eigenvalue weighted by molar-refractivity contribution is 6.22. The van der Waals surface area contributed by atoms with E-state index in [-0.39, 0.29) is 22.8 Å². The number of hydrogen-bond acceptors (Lipinski definition) is 5. The number of rotatable bonds is 6. The maximum Gasteiger partial charge on any atom is 0.330 e. The van der Waals surface area contributed by atoms with Crippen LogP contribution in [0, 0.1) is 5.92 Å². The topological polar surface area (TPSA) is 80.8 Å². The van der Waals surface area contributed by atoms with Crippen LogP contribution in [0.5, 0.6) is 0 Å². The second-order valence-electron chi connectivity index (χ2n) is 7.02. The van der Waals surface area contributed by atoms with Gasteiger partial charge in [-0.25, -0.2) is 4.79 Å². The molecule has 0 aliphatic carbocycles. The SMILES string of the molecule is CC(OC(=O)C(C(C)C)N1C(=O)c2ccccc2C1=O)C(=O)c1ccccc1. The van der Waals surface area contributed by atoms with Gasteiger partial charge in [0.15, 0.2) is 6.10 Å². The third-order valence-electron chi connectivity index (χ3n) is 4.70. The van der Waals surface area contributed by atoms with Gasteiger partial charge >= 0.3 is 5.97 Å². The highest BCUT2D eigenvalue weighted by Gasteiger charge is 2.45. The third-order valence-corrected chi connectivity index (χ3v) is 4.70. The molecule has 1 aliphatic rings. The molecule has 2 aromatic rings. The molecule has 0 radical (unpaired) electrons. The zero-order chi connectivity index (χ0) is 20.4. The molecule has 0 N–H and O–H groups in total. The average molecular weight is 379 g/mol. The standard InChI is InChI=1S/C22H21NO5/c1-13(2)18(23-20(25)16-11-7-8-12-17(16)21(23)26)22(27)28-14(3)19(24)15-9-5-4-6-10-15/h4-14,18H,1-3H3. The quantitative estimate of drug-likeness (QED) is 0.438. The minimum absolute atomic E-state index is 0.263. The molecule has 144 valence electrons. The van der Waals surface area contributed by atoms with Crippen LogP contribution in [0.4, 0.5) is 0 Å². The van der Waals surface area contributed by atoms with Gasteiger partial charge < -0.3 is 4.74 Å². The molecule has 2 atom stereocenters. The lowest BCUT2D eigenvalue weighted by molar-refractivity contribution is -0.152. The van der Waals surface area contributed by atoms with Crippen LogP contribution in [-0.2, 0) is 9.53 Å². The van der Waals surface area contributed by atoms with Gasteiger partial charge in [-0.3, -0.25) is 19.3 Å². The van der Waals surface area contributed by atoms with Crippen molar-refractivity contribution in [3.8, 4) is 0 Å². The minimum Gasteiger partial charge on any atom is -0.453 e. The van der Waals surface area contributed by atoms with E-state index in [0.29, 0.717) is 5.56 Å². The van der Waals surface area contributed by atoms with Gasteiger partial charge in [0, 0.05) is 5.56 Å². The summed E-state index contributed by atoms with van der Waals surface area (Å²) in [5.74, 6) is -2.56. The number of ether oxygens (including phenoxy) is 1. The Balaban J connectivity index is 1.81. The monoisotopic (exact) mass is 379 g/mol. The second-order valence-corrected chi connectivity index (χ2v) is 7.02. The lowest BCUT2D eigenvalue weighted by Crippen LogP contribution is -2.49. The fourth-order valence-corrected chi connectivity index (χ4v) is 3.27. The van der Waals surface area contributed by atoms with Crippen LogP contribution >= 0.6 is 0 Å². The molecule has 6 heteroatoms. The number of amides is 2. The molecule has 3 rings (SSSR count). The van der Waals surface area contributed by atoms with E-state index in [1.54, 1.807) is 68.4 Å². The zero-order valence-corrected chi connectivity index (χ0v) is 15.9. The van der Waals surface area contributed by atoms with Crippen molar-refractivity contribution in [2.45, 2.75) is 32.9 Å². The van der Waals surface area contributed by atoms with Crippen molar-refractivity contribution >= 4 is 23.6 Å². The van der Waals surface area contributed by atoms with Gasteiger partial charge in [0.1, 0.15) is 6.04 Å². The summed E-state index contributed by atoms with van der Waals surface area (Å²) in [7, 11) is 0. The number of carbonyl (C=O) groups excluding carboxylic acids is 4. The Labute approximate surface area is 163 Å². The zero-order valence-electron chi connectivity index (χ0n) is 15.9. The molecular formula is C22H21NO5. The number of hydrogen-bond donors (Lipinski definition) is 0. The summed E-state index contributed by atoms with van der Waals surface area (Å²) in [6.45, 7) is 4.92. The normalized spacial score (nSPS) is 15.4. The number of carbonyl (C=O) groups is 4. The molecule has 1 heterocycles. The number of Topliss-reactive ketones (excluding diaryl/α,β-unsaturated/α-hetero) is 1. The van der Waals surface area contributed by atoms with Crippen molar-refractivity contribution in [3.63, 3.8) is 0 Å². The fourth-order valence-electron chi connectivity index (χ4n) is 3.27. The summed E-state index contributed by atoms with van der Waals surface area (Å²) >= 11 is 0. The summed E-state index contributed by atoms with van der Waals surface area (Å²) in [5, 5.41) is 0. The molecule has 0 aromatic heterocycles. The number of esters is 1. The average Bonchev–Trinajstić information content (AvgIpc) is 2.93. The van der Waals surface area contributed by atoms with Gasteiger partial charge in [-0.15, -0.1) is 0 Å². The van der Waals surface area contributed by atoms with Crippen molar-refractivity contribution in [1.82, 2.24) is 4.90 Å². The second kappa shape index (κ2) is 7.76. The maximum absolute atomic E-state index is 12.8.